The fraction of sp³-hybridized carbons (Fsp3) is 0.750. The maximum Gasteiger partial charge on any atom is 0.0534 e. The van der Waals surface area contributed by atoms with Gasteiger partial charge in [0.05, 0.1) is 6.20 Å². The summed E-state index contributed by atoms with van der Waals surface area (Å²) < 4.78 is 13.2. The predicted molar refractivity (Wildman–Crippen MR) is 70.4 cm³/mol. The summed E-state index contributed by atoms with van der Waals surface area (Å²) >= 11 is 0. The summed E-state index contributed by atoms with van der Waals surface area (Å²) in [5.74, 6) is 1.70. The zero-order valence-corrected chi connectivity index (χ0v) is 11.4. The molecule has 1 fully saturated rings. The third kappa shape index (κ3) is 3.64. The molecule has 0 bridgehead atoms. The van der Waals surface area contributed by atoms with E-state index in [9.17, 15) is 4.21 Å². The largest absolute Gasteiger partial charge is 0.310 e. The highest BCUT2D eigenvalue weighted by Gasteiger charge is 2.17. The molecule has 0 aromatic carbocycles. The molecular formula is C12H21N3OS. The van der Waals surface area contributed by atoms with Crippen molar-refractivity contribution in [2.45, 2.75) is 45.3 Å². The minimum Gasteiger partial charge on any atom is -0.310 e. The molecule has 1 N–H and O–H groups in total. The first-order valence-corrected chi connectivity index (χ1v) is 7.75. The van der Waals surface area contributed by atoms with Crippen molar-refractivity contribution in [3.05, 3.63) is 18.0 Å². The lowest BCUT2D eigenvalue weighted by atomic mass is 10.1. The van der Waals surface area contributed by atoms with Crippen molar-refractivity contribution in [3.63, 3.8) is 0 Å². The third-order valence-corrected chi connectivity index (χ3v) is 4.55. The van der Waals surface area contributed by atoms with Crippen LogP contribution in [0.15, 0.2) is 12.4 Å². The van der Waals surface area contributed by atoms with Crippen LogP contribution in [-0.2, 0) is 17.3 Å². The summed E-state index contributed by atoms with van der Waals surface area (Å²) in [7, 11) is -0.568. The maximum atomic E-state index is 11.2. The van der Waals surface area contributed by atoms with Gasteiger partial charge in [-0.25, -0.2) is 0 Å². The van der Waals surface area contributed by atoms with E-state index >= 15 is 0 Å². The summed E-state index contributed by atoms with van der Waals surface area (Å²) in [5, 5.41) is 7.84. The molecule has 1 aromatic heterocycles. The standard InChI is InChI=1S/C12H21N3OS/c1-10(2)15-9-11(8-14-15)7-13-12-3-5-17(16)6-4-12/h8-10,12-13H,3-7H2,1-2H3. The normalized spacial score (nSPS) is 25.4. The summed E-state index contributed by atoms with van der Waals surface area (Å²) in [4.78, 5) is 0. The summed E-state index contributed by atoms with van der Waals surface area (Å²) in [6, 6.07) is 0.941. The molecule has 17 heavy (non-hydrogen) atoms. The molecule has 5 heteroatoms. The zero-order valence-electron chi connectivity index (χ0n) is 10.6. The lowest BCUT2D eigenvalue weighted by Gasteiger charge is -2.22. The van der Waals surface area contributed by atoms with Gasteiger partial charge >= 0.3 is 0 Å². The SMILES string of the molecule is CC(C)n1cc(CNC2CCS(=O)CC2)cn1. The number of aromatic nitrogens is 2. The second-order valence-corrected chi connectivity index (χ2v) is 6.62. The predicted octanol–water partition coefficient (Wildman–Crippen LogP) is 1.46. The Kier molecular flexibility index (Phi) is 4.34. The van der Waals surface area contributed by atoms with Crippen LogP contribution in [0.3, 0.4) is 0 Å². The van der Waals surface area contributed by atoms with Gasteiger partial charge in [0.1, 0.15) is 0 Å². The smallest absolute Gasteiger partial charge is 0.0534 e. The first-order valence-electron chi connectivity index (χ1n) is 6.26. The monoisotopic (exact) mass is 255 g/mol. The minimum atomic E-state index is -0.568. The molecule has 2 heterocycles. The highest BCUT2D eigenvalue weighted by molar-refractivity contribution is 7.85. The number of nitrogens with zero attached hydrogens (tertiary/aromatic N) is 2. The number of rotatable bonds is 4. The Labute approximate surface area is 105 Å². The van der Waals surface area contributed by atoms with Gasteiger partial charge in [-0.1, -0.05) is 0 Å². The topological polar surface area (TPSA) is 46.9 Å². The van der Waals surface area contributed by atoms with Crippen LogP contribution in [0.2, 0.25) is 0 Å². The highest BCUT2D eigenvalue weighted by atomic mass is 32.2. The Morgan fingerprint density at radius 1 is 1.53 bits per heavy atom. The number of hydrogen-bond donors (Lipinski definition) is 1. The van der Waals surface area contributed by atoms with Gasteiger partial charge < -0.3 is 5.32 Å². The van der Waals surface area contributed by atoms with Crippen molar-refractivity contribution in [2.75, 3.05) is 11.5 Å². The quantitative estimate of drug-likeness (QED) is 0.886. The van der Waals surface area contributed by atoms with Gasteiger partial charge in [-0.2, -0.15) is 5.10 Å². The van der Waals surface area contributed by atoms with Gasteiger partial charge in [0.2, 0.25) is 0 Å². The molecule has 0 unspecified atom stereocenters. The second-order valence-electron chi connectivity index (χ2n) is 4.93. The van der Waals surface area contributed by atoms with E-state index in [2.05, 4.69) is 30.5 Å². The Morgan fingerprint density at radius 2 is 2.24 bits per heavy atom. The molecule has 1 saturated heterocycles. The van der Waals surface area contributed by atoms with Crippen molar-refractivity contribution < 1.29 is 4.21 Å². The average molecular weight is 255 g/mol. The second kappa shape index (κ2) is 5.78. The first kappa shape index (κ1) is 12.8. The van der Waals surface area contributed by atoms with Gasteiger partial charge in [-0.15, -0.1) is 0 Å². The van der Waals surface area contributed by atoms with E-state index in [1.807, 2.05) is 10.9 Å². The Bertz CT molecular complexity index is 379. The van der Waals surface area contributed by atoms with Crippen LogP contribution < -0.4 is 5.32 Å². The summed E-state index contributed by atoms with van der Waals surface area (Å²) in [5.41, 5.74) is 1.23. The van der Waals surface area contributed by atoms with Crippen molar-refractivity contribution in [1.82, 2.24) is 15.1 Å². The Morgan fingerprint density at radius 3 is 2.82 bits per heavy atom. The van der Waals surface area contributed by atoms with Gasteiger partial charge in [0, 0.05) is 52.7 Å². The van der Waals surface area contributed by atoms with Crippen molar-refractivity contribution >= 4 is 10.8 Å². The van der Waals surface area contributed by atoms with E-state index in [1.54, 1.807) is 0 Å². The van der Waals surface area contributed by atoms with Gasteiger partial charge in [-0.3, -0.25) is 8.89 Å². The third-order valence-electron chi connectivity index (χ3n) is 3.17. The fourth-order valence-corrected chi connectivity index (χ4v) is 3.31. The van der Waals surface area contributed by atoms with Crippen LogP contribution in [-0.4, -0.2) is 31.5 Å². The van der Waals surface area contributed by atoms with Crippen LogP contribution in [0.1, 0.15) is 38.3 Å². The lowest BCUT2D eigenvalue weighted by molar-refractivity contribution is 0.474. The van der Waals surface area contributed by atoms with Gasteiger partial charge in [-0.05, 0) is 26.7 Å². The average Bonchev–Trinajstić information content (AvgIpc) is 2.77. The summed E-state index contributed by atoms with van der Waals surface area (Å²) in [6.45, 7) is 5.12. The van der Waals surface area contributed by atoms with Crippen LogP contribution in [0.5, 0.6) is 0 Å². The molecular weight excluding hydrogens is 234 g/mol. The van der Waals surface area contributed by atoms with Crippen molar-refractivity contribution in [1.29, 1.82) is 0 Å². The van der Waals surface area contributed by atoms with Crippen LogP contribution in [0.25, 0.3) is 0 Å². The molecule has 1 aliphatic heterocycles. The van der Waals surface area contributed by atoms with E-state index in [4.69, 9.17) is 0 Å². The lowest BCUT2D eigenvalue weighted by Crippen LogP contribution is -2.35. The van der Waals surface area contributed by atoms with E-state index in [0.29, 0.717) is 12.1 Å². The van der Waals surface area contributed by atoms with Gasteiger partial charge in [0.25, 0.3) is 0 Å². The highest BCUT2D eigenvalue weighted by Crippen LogP contribution is 2.11. The molecule has 1 aliphatic rings. The van der Waals surface area contributed by atoms with E-state index < -0.39 is 10.8 Å². The molecule has 96 valence electrons. The Hall–Kier alpha value is -0.680. The molecule has 0 atom stereocenters. The molecule has 0 amide bonds. The maximum absolute atomic E-state index is 11.2. The van der Waals surface area contributed by atoms with E-state index in [1.165, 1.54) is 5.56 Å². The number of nitrogens with one attached hydrogen (secondary N) is 1. The van der Waals surface area contributed by atoms with Gasteiger partial charge in [0.15, 0.2) is 0 Å². The molecule has 4 nitrogen and oxygen atoms in total. The van der Waals surface area contributed by atoms with Crippen LogP contribution in [0.4, 0.5) is 0 Å². The van der Waals surface area contributed by atoms with E-state index in [0.717, 1.165) is 30.9 Å². The van der Waals surface area contributed by atoms with E-state index in [-0.39, 0.29) is 0 Å². The van der Waals surface area contributed by atoms with Crippen molar-refractivity contribution in [2.24, 2.45) is 0 Å². The molecule has 2 rings (SSSR count). The molecule has 1 aromatic rings. The minimum absolute atomic E-state index is 0.417. The molecule has 0 aliphatic carbocycles. The molecule has 0 spiro atoms. The van der Waals surface area contributed by atoms with Crippen LogP contribution in [0, 0.1) is 0 Å². The zero-order chi connectivity index (χ0) is 12.3. The molecule has 0 radical (unpaired) electrons. The Balaban J connectivity index is 1.79. The first-order chi connectivity index (χ1) is 8.15. The van der Waals surface area contributed by atoms with Crippen molar-refractivity contribution in [3.8, 4) is 0 Å². The fourth-order valence-electron chi connectivity index (χ4n) is 2.01. The summed E-state index contributed by atoms with van der Waals surface area (Å²) in [6.07, 6.45) is 6.09. The number of hydrogen-bond acceptors (Lipinski definition) is 3. The molecule has 0 saturated carbocycles. The van der Waals surface area contributed by atoms with Crippen LogP contribution >= 0.6 is 0 Å².